The molecule has 0 aromatic heterocycles. The Labute approximate surface area is 131 Å². The van der Waals surface area contributed by atoms with Gasteiger partial charge < -0.3 is 25.5 Å². The molecule has 1 heterocycles. The van der Waals surface area contributed by atoms with Crippen LogP contribution in [0.1, 0.15) is 32.1 Å². The zero-order valence-electron chi connectivity index (χ0n) is 13.0. The summed E-state index contributed by atoms with van der Waals surface area (Å²) in [6.45, 7) is 2.82. The van der Waals surface area contributed by atoms with Crippen LogP contribution in [0.2, 0.25) is 0 Å². The van der Waals surface area contributed by atoms with Crippen LogP contribution in [-0.2, 0) is 9.59 Å². The molecule has 7 heteroatoms. The third-order valence-corrected chi connectivity index (χ3v) is 4.43. The maximum atomic E-state index is 11.7. The molecule has 1 saturated carbocycles. The molecule has 2 fully saturated rings. The largest absolute Gasteiger partial charge is 0.483 e. The molecule has 1 aliphatic carbocycles. The summed E-state index contributed by atoms with van der Waals surface area (Å²) in [5.41, 5.74) is 0. The number of likely N-dealkylation sites (tertiary alicyclic amines) is 1. The molecule has 4 N–H and O–H groups in total. The summed E-state index contributed by atoms with van der Waals surface area (Å²) >= 11 is 0. The van der Waals surface area contributed by atoms with Crippen LogP contribution in [0.5, 0.6) is 0 Å². The van der Waals surface area contributed by atoms with Gasteiger partial charge in [0.15, 0.2) is 0 Å². The Bertz CT molecular complexity index is 328. The Morgan fingerprint density at radius 2 is 1.86 bits per heavy atom. The van der Waals surface area contributed by atoms with Gasteiger partial charge in [0, 0.05) is 19.0 Å². The van der Waals surface area contributed by atoms with Crippen LogP contribution in [0.25, 0.3) is 0 Å². The number of aliphatic hydroxyl groups excluding tert-OH is 2. The lowest BCUT2D eigenvalue weighted by molar-refractivity contribution is -0.127. The Morgan fingerprint density at radius 3 is 2.32 bits per heavy atom. The number of piperidine rings is 1. The minimum Gasteiger partial charge on any atom is -0.483 e. The van der Waals surface area contributed by atoms with Crippen molar-refractivity contribution in [3.63, 3.8) is 0 Å². The molecule has 1 unspecified atom stereocenters. The normalized spacial score (nSPS) is 21.2. The van der Waals surface area contributed by atoms with E-state index in [1.54, 1.807) is 0 Å². The SMILES string of the molecule is O=C(NCC1CCN(CC(O)CO)CC1)C1CCC1.O=CO. The maximum absolute atomic E-state index is 11.7. The second-order valence-electron chi connectivity index (χ2n) is 6.06. The van der Waals surface area contributed by atoms with Gasteiger partial charge >= 0.3 is 0 Å². The molecule has 1 aliphatic heterocycles. The predicted octanol–water partition coefficient (Wildman–Crippen LogP) is -0.331. The summed E-state index contributed by atoms with van der Waals surface area (Å²) in [4.78, 5) is 22.3. The molecule has 2 aliphatic rings. The number of carboxylic acid groups (broad SMARTS) is 1. The van der Waals surface area contributed by atoms with E-state index in [0.717, 1.165) is 45.3 Å². The molecule has 1 amide bonds. The van der Waals surface area contributed by atoms with Gasteiger partial charge in [-0.25, -0.2) is 0 Å². The number of aliphatic hydroxyl groups is 2. The van der Waals surface area contributed by atoms with Crippen molar-refractivity contribution in [3.05, 3.63) is 0 Å². The first-order chi connectivity index (χ1) is 10.6. The number of β-amino-alcohol motifs (C(OH)–C–C–N with tert-alkyl or cyclic N) is 1. The summed E-state index contributed by atoms with van der Waals surface area (Å²) in [6.07, 6.45) is 4.80. The zero-order chi connectivity index (χ0) is 16.4. The summed E-state index contributed by atoms with van der Waals surface area (Å²) in [5, 5.41) is 28.2. The highest BCUT2D eigenvalue weighted by atomic mass is 16.3. The number of nitrogens with zero attached hydrogens (tertiary/aromatic N) is 1. The van der Waals surface area contributed by atoms with Gasteiger partial charge in [-0.15, -0.1) is 0 Å². The Kier molecular flexibility index (Phi) is 9.03. The van der Waals surface area contributed by atoms with E-state index >= 15 is 0 Å². The number of hydrogen-bond donors (Lipinski definition) is 4. The van der Waals surface area contributed by atoms with Gasteiger partial charge in [-0.3, -0.25) is 9.59 Å². The second kappa shape index (κ2) is 10.5. The Balaban J connectivity index is 0.000000745. The minimum absolute atomic E-state index is 0.169. The Hall–Kier alpha value is -1.18. The smallest absolute Gasteiger partial charge is 0.290 e. The van der Waals surface area contributed by atoms with Crippen LogP contribution in [0, 0.1) is 11.8 Å². The van der Waals surface area contributed by atoms with Crippen LogP contribution in [0.15, 0.2) is 0 Å². The van der Waals surface area contributed by atoms with Gasteiger partial charge in [0.05, 0.1) is 12.7 Å². The molecule has 0 aromatic carbocycles. The van der Waals surface area contributed by atoms with Crippen LogP contribution in [-0.4, -0.2) is 71.5 Å². The van der Waals surface area contributed by atoms with E-state index in [1.807, 2.05) is 0 Å². The van der Waals surface area contributed by atoms with E-state index in [0.29, 0.717) is 12.5 Å². The average molecular weight is 316 g/mol. The van der Waals surface area contributed by atoms with E-state index < -0.39 is 6.10 Å². The minimum atomic E-state index is -0.630. The van der Waals surface area contributed by atoms with Crippen molar-refractivity contribution >= 4 is 12.4 Å². The lowest BCUT2D eigenvalue weighted by atomic mass is 9.84. The Morgan fingerprint density at radius 1 is 1.27 bits per heavy atom. The van der Waals surface area contributed by atoms with Crippen LogP contribution in [0.4, 0.5) is 0 Å². The van der Waals surface area contributed by atoms with Gasteiger partial charge in [0.1, 0.15) is 0 Å². The monoisotopic (exact) mass is 316 g/mol. The summed E-state index contributed by atoms with van der Waals surface area (Å²) in [6, 6.07) is 0. The quantitative estimate of drug-likeness (QED) is 0.500. The van der Waals surface area contributed by atoms with Gasteiger partial charge in [-0.2, -0.15) is 0 Å². The topological polar surface area (TPSA) is 110 Å². The summed E-state index contributed by atoms with van der Waals surface area (Å²) in [7, 11) is 0. The fourth-order valence-corrected chi connectivity index (χ4v) is 2.79. The third-order valence-electron chi connectivity index (χ3n) is 4.43. The van der Waals surface area contributed by atoms with Crippen molar-refractivity contribution in [3.8, 4) is 0 Å². The summed E-state index contributed by atoms with van der Waals surface area (Å²) in [5.74, 6) is 1.08. The first-order valence-corrected chi connectivity index (χ1v) is 7.97. The number of hydrogen-bond acceptors (Lipinski definition) is 5. The summed E-state index contributed by atoms with van der Waals surface area (Å²) < 4.78 is 0. The van der Waals surface area contributed by atoms with Crippen LogP contribution >= 0.6 is 0 Å². The van der Waals surface area contributed by atoms with E-state index in [9.17, 15) is 9.90 Å². The van der Waals surface area contributed by atoms with Crippen LogP contribution < -0.4 is 5.32 Å². The molecule has 7 nitrogen and oxygen atoms in total. The lowest BCUT2D eigenvalue weighted by Crippen LogP contribution is -2.43. The van der Waals surface area contributed by atoms with Crippen molar-refractivity contribution in [1.82, 2.24) is 10.2 Å². The molecular formula is C15H28N2O5. The van der Waals surface area contributed by atoms with Crippen molar-refractivity contribution in [2.45, 2.75) is 38.2 Å². The molecule has 0 spiro atoms. The lowest BCUT2D eigenvalue weighted by Gasteiger charge is -2.33. The fraction of sp³-hybridized carbons (Fsp3) is 0.867. The van der Waals surface area contributed by atoms with E-state index in [4.69, 9.17) is 15.0 Å². The van der Waals surface area contributed by atoms with E-state index in [-0.39, 0.29) is 24.9 Å². The molecule has 2 rings (SSSR count). The highest BCUT2D eigenvalue weighted by molar-refractivity contribution is 5.79. The second-order valence-corrected chi connectivity index (χ2v) is 6.06. The molecule has 0 bridgehead atoms. The van der Waals surface area contributed by atoms with Gasteiger partial charge in [-0.1, -0.05) is 6.42 Å². The standard InChI is InChI=1S/C14H26N2O3.CH2O2/c17-10-13(18)9-16-6-4-11(5-7-16)8-15-14(19)12-2-1-3-12;2-1-3/h11-13,17-18H,1-10H2,(H,15,19);1H,(H,2,3). The molecule has 0 radical (unpaired) electrons. The van der Waals surface area contributed by atoms with Crippen molar-refractivity contribution in [1.29, 1.82) is 0 Å². The van der Waals surface area contributed by atoms with Gasteiger partial charge in [0.2, 0.25) is 5.91 Å². The van der Waals surface area contributed by atoms with Crippen molar-refractivity contribution in [2.75, 3.05) is 32.8 Å². The number of nitrogens with one attached hydrogen (secondary N) is 1. The zero-order valence-corrected chi connectivity index (χ0v) is 13.0. The molecule has 128 valence electrons. The highest BCUT2D eigenvalue weighted by Gasteiger charge is 2.26. The van der Waals surface area contributed by atoms with Crippen molar-refractivity contribution < 1.29 is 24.9 Å². The first kappa shape index (κ1) is 18.9. The van der Waals surface area contributed by atoms with E-state index in [1.165, 1.54) is 6.42 Å². The van der Waals surface area contributed by atoms with E-state index in [2.05, 4.69) is 10.2 Å². The van der Waals surface area contributed by atoms with Gasteiger partial charge in [0.25, 0.3) is 6.47 Å². The molecule has 0 aromatic rings. The van der Waals surface area contributed by atoms with Gasteiger partial charge in [-0.05, 0) is 44.7 Å². The number of carbonyl (C=O) groups excluding carboxylic acids is 1. The highest BCUT2D eigenvalue weighted by Crippen LogP contribution is 2.26. The molecule has 1 saturated heterocycles. The third kappa shape index (κ3) is 6.72. The number of carbonyl (C=O) groups is 2. The van der Waals surface area contributed by atoms with Crippen molar-refractivity contribution in [2.24, 2.45) is 11.8 Å². The number of rotatable bonds is 6. The molecule has 1 atom stereocenters. The fourth-order valence-electron chi connectivity index (χ4n) is 2.79. The maximum Gasteiger partial charge on any atom is 0.290 e. The molecule has 22 heavy (non-hydrogen) atoms. The van der Waals surface area contributed by atoms with Crippen LogP contribution in [0.3, 0.4) is 0 Å². The predicted molar refractivity (Wildman–Crippen MR) is 81.3 cm³/mol. The average Bonchev–Trinajstić information content (AvgIpc) is 2.45. The number of amides is 1. The first-order valence-electron chi connectivity index (χ1n) is 7.97. The molecular weight excluding hydrogens is 288 g/mol.